The second-order valence-corrected chi connectivity index (χ2v) is 10.5. The molecule has 0 saturated heterocycles. The molecule has 13 heteroatoms. The molecule has 4 aromatic rings. The normalized spacial score (nSPS) is 15.0. The van der Waals surface area contributed by atoms with Crippen LogP contribution in [0.2, 0.25) is 0 Å². The molecule has 2 atom stereocenters. The second kappa shape index (κ2) is 13.7. The molecule has 1 aliphatic heterocycles. The van der Waals surface area contributed by atoms with Crippen molar-refractivity contribution >= 4 is 11.8 Å². The minimum Gasteiger partial charge on any atom is -0.497 e. The highest BCUT2D eigenvalue weighted by Gasteiger charge is 2.31. The summed E-state index contributed by atoms with van der Waals surface area (Å²) in [5, 5.41) is 6.26. The number of benzene rings is 3. The third kappa shape index (κ3) is 8.12. The van der Waals surface area contributed by atoms with Crippen LogP contribution in [-0.2, 0) is 24.3 Å². The van der Waals surface area contributed by atoms with E-state index in [-0.39, 0.29) is 18.2 Å². The summed E-state index contributed by atoms with van der Waals surface area (Å²) < 4.78 is 54.4. The predicted octanol–water partition coefficient (Wildman–Crippen LogP) is 4.28. The van der Waals surface area contributed by atoms with Crippen molar-refractivity contribution in [3.8, 4) is 17.2 Å². The molecule has 0 bridgehead atoms. The van der Waals surface area contributed by atoms with Gasteiger partial charge in [0.15, 0.2) is 0 Å². The van der Waals surface area contributed by atoms with Crippen LogP contribution in [0.3, 0.4) is 0 Å². The Balaban J connectivity index is 1.24. The molecule has 0 spiro atoms. The van der Waals surface area contributed by atoms with E-state index in [2.05, 4.69) is 20.4 Å². The maximum Gasteiger partial charge on any atom is 0.573 e. The predicted molar refractivity (Wildman–Crippen MR) is 158 cm³/mol. The molecule has 45 heavy (non-hydrogen) atoms. The van der Waals surface area contributed by atoms with Gasteiger partial charge in [0, 0.05) is 43.7 Å². The van der Waals surface area contributed by atoms with E-state index >= 15 is 0 Å². The van der Waals surface area contributed by atoms with Gasteiger partial charge < -0.3 is 35.1 Å². The Labute approximate surface area is 257 Å². The molecular formula is C32H32F3N5O5. The van der Waals surface area contributed by atoms with Gasteiger partial charge in [0.1, 0.15) is 23.3 Å². The summed E-state index contributed by atoms with van der Waals surface area (Å²) in [6.07, 6.45) is -0.524. The summed E-state index contributed by atoms with van der Waals surface area (Å²) in [5.41, 5.74) is 9.16. The number of nitrogens with zero attached hydrogens (tertiary/aromatic N) is 2. The highest BCUT2D eigenvalue weighted by molar-refractivity contribution is 6.00. The fraction of sp³-hybridized carbons (Fsp3) is 0.281. The average Bonchev–Trinajstić information content (AvgIpc) is 3.46. The lowest BCUT2D eigenvalue weighted by Crippen LogP contribution is -2.46. The number of para-hydroxylation sites is 1. The average molecular weight is 624 g/mol. The number of carbonyl (C=O) groups is 2. The van der Waals surface area contributed by atoms with Gasteiger partial charge >= 0.3 is 6.36 Å². The number of halogens is 3. The molecule has 10 nitrogen and oxygen atoms in total. The molecule has 2 amide bonds. The molecule has 0 radical (unpaired) electrons. The minimum absolute atomic E-state index is 0.144. The van der Waals surface area contributed by atoms with E-state index in [1.807, 2.05) is 10.6 Å². The van der Waals surface area contributed by atoms with Crippen LogP contribution < -0.4 is 30.6 Å². The number of aromatic nitrogens is 2. The van der Waals surface area contributed by atoms with Crippen LogP contribution in [0, 0.1) is 0 Å². The van der Waals surface area contributed by atoms with Crippen LogP contribution in [0.15, 0.2) is 79.3 Å². The van der Waals surface area contributed by atoms with Gasteiger partial charge in [-0.25, -0.2) is 4.98 Å². The minimum atomic E-state index is -4.75. The maximum atomic E-state index is 13.4. The molecule has 4 N–H and O–H groups in total. The van der Waals surface area contributed by atoms with E-state index < -0.39 is 24.2 Å². The summed E-state index contributed by atoms with van der Waals surface area (Å²) in [4.78, 5) is 29.8. The zero-order valence-corrected chi connectivity index (χ0v) is 24.3. The van der Waals surface area contributed by atoms with Crippen molar-refractivity contribution < 1.29 is 37.0 Å². The molecular weight excluding hydrogens is 591 g/mol. The molecule has 1 aromatic heterocycles. The van der Waals surface area contributed by atoms with Crippen LogP contribution in [-0.4, -0.2) is 47.5 Å². The van der Waals surface area contributed by atoms with Crippen LogP contribution in [0.4, 0.5) is 13.2 Å². The van der Waals surface area contributed by atoms with E-state index in [9.17, 15) is 22.8 Å². The van der Waals surface area contributed by atoms with Gasteiger partial charge in [0.2, 0.25) is 5.91 Å². The van der Waals surface area contributed by atoms with Crippen molar-refractivity contribution in [2.75, 3.05) is 13.7 Å². The van der Waals surface area contributed by atoms with E-state index in [1.165, 1.54) is 12.1 Å². The Morgan fingerprint density at radius 1 is 1.07 bits per heavy atom. The largest absolute Gasteiger partial charge is 0.573 e. The Morgan fingerprint density at radius 3 is 2.47 bits per heavy atom. The number of methoxy groups -OCH3 is 1. The fourth-order valence-electron chi connectivity index (χ4n) is 5.13. The van der Waals surface area contributed by atoms with Gasteiger partial charge in [0.05, 0.1) is 31.3 Å². The monoisotopic (exact) mass is 623 g/mol. The van der Waals surface area contributed by atoms with Crippen molar-refractivity contribution in [3.63, 3.8) is 0 Å². The van der Waals surface area contributed by atoms with Crippen molar-refractivity contribution in [1.82, 2.24) is 20.2 Å². The smallest absolute Gasteiger partial charge is 0.497 e. The lowest BCUT2D eigenvalue weighted by atomic mass is 9.96. The fourth-order valence-corrected chi connectivity index (χ4v) is 5.13. The molecule has 5 rings (SSSR count). The molecule has 236 valence electrons. The summed E-state index contributed by atoms with van der Waals surface area (Å²) in [7, 11) is 1.56. The number of primary amides is 1. The van der Waals surface area contributed by atoms with Crippen LogP contribution in [0.1, 0.15) is 45.2 Å². The number of imidazole rings is 1. The quantitative estimate of drug-likeness (QED) is 0.215. The van der Waals surface area contributed by atoms with E-state index in [0.29, 0.717) is 43.2 Å². The summed E-state index contributed by atoms with van der Waals surface area (Å²) >= 11 is 0. The van der Waals surface area contributed by atoms with Crippen molar-refractivity contribution in [3.05, 3.63) is 107 Å². The van der Waals surface area contributed by atoms with E-state index in [1.54, 1.807) is 68.2 Å². The molecule has 2 heterocycles. The third-order valence-electron chi connectivity index (χ3n) is 7.40. The first-order valence-electron chi connectivity index (χ1n) is 14.2. The van der Waals surface area contributed by atoms with Gasteiger partial charge in [0.25, 0.3) is 5.91 Å². The summed E-state index contributed by atoms with van der Waals surface area (Å²) in [6, 6.07) is 17.0. The van der Waals surface area contributed by atoms with E-state index in [0.717, 1.165) is 22.4 Å². The van der Waals surface area contributed by atoms with Gasteiger partial charge in [-0.2, -0.15) is 0 Å². The van der Waals surface area contributed by atoms with Crippen molar-refractivity contribution in [2.45, 2.75) is 44.4 Å². The Morgan fingerprint density at radius 2 is 1.78 bits per heavy atom. The highest BCUT2D eigenvalue weighted by atomic mass is 19.4. The molecule has 2 unspecified atom stereocenters. The molecule has 3 aromatic carbocycles. The Hall–Kier alpha value is -5.04. The first-order valence-corrected chi connectivity index (χ1v) is 14.2. The topological polar surface area (TPSA) is 130 Å². The van der Waals surface area contributed by atoms with Gasteiger partial charge in [-0.15, -0.1) is 13.2 Å². The molecule has 0 saturated carbocycles. The molecule has 0 fully saturated rings. The third-order valence-corrected chi connectivity index (χ3v) is 7.40. The number of fused-ring (bicyclic) bond motifs is 1. The van der Waals surface area contributed by atoms with Gasteiger partial charge in [-0.3, -0.25) is 9.59 Å². The number of hydrogen-bond acceptors (Lipinski definition) is 7. The van der Waals surface area contributed by atoms with Crippen LogP contribution in [0.5, 0.6) is 17.2 Å². The van der Waals surface area contributed by atoms with Gasteiger partial charge in [-0.05, 0) is 41.5 Å². The van der Waals surface area contributed by atoms with Crippen molar-refractivity contribution in [2.24, 2.45) is 5.73 Å². The number of ether oxygens (including phenoxy) is 3. The first kappa shape index (κ1) is 31.4. The van der Waals surface area contributed by atoms with Gasteiger partial charge in [-0.1, -0.05) is 36.4 Å². The lowest BCUT2D eigenvalue weighted by Gasteiger charge is -2.28. The number of alkyl halides is 3. The molecule has 1 aliphatic rings. The number of hydrogen-bond donors (Lipinski definition) is 3. The number of amides is 2. The molecule has 0 aliphatic carbocycles. The Kier molecular flexibility index (Phi) is 9.57. The number of carbonyl (C=O) groups excluding carboxylic acids is 2. The second-order valence-electron chi connectivity index (χ2n) is 10.5. The number of nitrogens with two attached hydrogens (primary N) is 1. The lowest BCUT2D eigenvalue weighted by molar-refractivity contribution is -0.274. The number of rotatable bonds is 12. The summed E-state index contributed by atoms with van der Waals surface area (Å²) in [5.74, 6) is -0.318. The summed E-state index contributed by atoms with van der Waals surface area (Å²) in [6.45, 7) is 1.20. The zero-order valence-electron chi connectivity index (χ0n) is 24.3. The van der Waals surface area contributed by atoms with Crippen molar-refractivity contribution in [1.29, 1.82) is 0 Å². The first-order chi connectivity index (χ1) is 21.6. The Bertz CT molecular complexity index is 1620. The zero-order chi connectivity index (χ0) is 32.0. The van der Waals surface area contributed by atoms with E-state index in [4.69, 9.17) is 15.2 Å². The standard InChI is InChI=1S/C32H32F3N5O5/c1-43-23-9-5-20(6-10-23)15-28(30(36)41)39-31(42)26-4-2-3-25-27(13-14-44-29(25)26)38-17-22-16-37-19-40(22)18-21-7-11-24(12-8-21)45-32(33,34)35/h2-12,16,19,27-28,38H,13-15,17-18H2,1H3,(H2,36,41)(H,39,42). The maximum absolute atomic E-state index is 13.4. The highest BCUT2D eigenvalue weighted by Crippen LogP contribution is 2.35. The number of nitrogens with one attached hydrogen (secondary N) is 2. The SMILES string of the molecule is COc1ccc(CC(NC(=O)c2cccc3c2OCCC3NCc2cncn2Cc2ccc(OC(F)(F)F)cc2)C(N)=O)cc1. The van der Waals surface area contributed by atoms with Crippen LogP contribution >= 0.6 is 0 Å². The van der Waals surface area contributed by atoms with Crippen LogP contribution in [0.25, 0.3) is 0 Å².